The number of anilines is 1. The summed E-state index contributed by atoms with van der Waals surface area (Å²) < 4.78 is 0. The van der Waals surface area contributed by atoms with Crippen molar-refractivity contribution >= 4 is 28.3 Å². The van der Waals surface area contributed by atoms with Crippen molar-refractivity contribution in [2.45, 2.75) is 26.2 Å². The van der Waals surface area contributed by atoms with Crippen molar-refractivity contribution in [3.8, 4) is 11.4 Å². The molecule has 0 saturated heterocycles. The number of imidazole rings is 1. The van der Waals surface area contributed by atoms with Crippen LogP contribution in [0.4, 0.5) is 11.4 Å². The highest BCUT2D eigenvalue weighted by molar-refractivity contribution is 6.06. The number of nitrogens with zero attached hydrogens (tertiary/aromatic N) is 2. The van der Waals surface area contributed by atoms with Gasteiger partial charge >= 0.3 is 0 Å². The quantitative estimate of drug-likeness (QED) is 0.331. The minimum absolute atomic E-state index is 0.113. The Balaban J connectivity index is 1.60. The zero-order valence-corrected chi connectivity index (χ0v) is 17.5. The van der Waals surface area contributed by atoms with Gasteiger partial charge in [0.05, 0.1) is 21.5 Å². The second kappa shape index (κ2) is 7.68. The van der Waals surface area contributed by atoms with Crippen molar-refractivity contribution in [2.75, 3.05) is 5.32 Å². The maximum absolute atomic E-state index is 13.0. The van der Waals surface area contributed by atoms with Crippen LogP contribution in [0.1, 0.15) is 36.7 Å². The van der Waals surface area contributed by atoms with Crippen LogP contribution >= 0.6 is 0 Å². The molecule has 0 saturated carbocycles. The minimum Gasteiger partial charge on any atom is -0.338 e. The molecule has 1 heterocycles. The molecular formula is C24H22N4O3. The highest BCUT2D eigenvalue weighted by Gasteiger charge is 2.24. The molecule has 7 heteroatoms. The topological polar surface area (TPSA) is 101 Å². The third kappa shape index (κ3) is 4.16. The molecule has 31 heavy (non-hydrogen) atoms. The van der Waals surface area contributed by atoms with E-state index in [-0.39, 0.29) is 17.0 Å². The zero-order valence-electron chi connectivity index (χ0n) is 17.5. The van der Waals surface area contributed by atoms with Crippen LogP contribution < -0.4 is 5.32 Å². The third-order valence-corrected chi connectivity index (χ3v) is 5.07. The summed E-state index contributed by atoms with van der Waals surface area (Å²) in [6, 6.07) is 19.5. The Morgan fingerprint density at radius 2 is 1.74 bits per heavy atom. The van der Waals surface area contributed by atoms with Gasteiger partial charge in [-0.15, -0.1) is 0 Å². The minimum atomic E-state index is -0.495. The summed E-state index contributed by atoms with van der Waals surface area (Å²) in [5, 5.41) is 14.0. The lowest BCUT2D eigenvalue weighted by Crippen LogP contribution is -2.21. The Kier molecular flexibility index (Phi) is 5.02. The van der Waals surface area contributed by atoms with Crippen LogP contribution in [0.3, 0.4) is 0 Å². The maximum atomic E-state index is 13.0. The van der Waals surface area contributed by atoms with Crippen LogP contribution in [0.25, 0.3) is 22.4 Å². The van der Waals surface area contributed by atoms with E-state index in [4.69, 9.17) is 0 Å². The second-order valence-corrected chi connectivity index (χ2v) is 8.37. The van der Waals surface area contributed by atoms with Crippen molar-refractivity contribution in [2.24, 2.45) is 0 Å². The van der Waals surface area contributed by atoms with Crippen molar-refractivity contribution in [3.63, 3.8) is 0 Å². The summed E-state index contributed by atoms with van der Waals surface area (Å²) >= 11 is 0. The van der Waals surface area contributed by atoms with Crippen molar-refractivity contribution in [1.82, 2.24) is 9.97 Å². The number of rotatable bonds is 4. The molecule has 1 aromatic heterocycles. The van der Waals surface area contributed by atoms with Crippen molar-refractivity contribution in [1.29, 1.82) is 0 Å². The summed E-state index contributed by atoms with van der Waals surface area (Å²) in [6.07, 6.45) is 0. The van der Waals surface area contributed by atoms with Gasteiger partial charge in [0.1, 0.15) is 5.82 Å². The molecule has 7 nitrogen and oxygen atoms in total. The molecule has 1 amide bonds. The van der Waals surface area contributed by atoms with E-state index >= 15 is 0 Å². The number of hydrogen-bond acceptors (Lipinski definition) is 4. The van der Waals surface area contributed by atoms with Crippen molar-refractivity contribution < 1.29 is 9.72 Å². The monoisotopic (exact) mass is 414 g/mol. The van der Waals surface area contributed by atoms with Gasteiger partial charge in [-0.05, 0) is 47.4 Å². The number of non-ortho nitro benzene ring substituents is 1. The number of amides is 1. The van der Waals surface area contributed by atoms with E-state index in [1.807, 2.05) is 57.2 Å². The number of hydrogen-bond donors (Lipinski definition) is 2. The van der Waals surface area contributed by atoms with E-state index in [0.29, 0.717) is 11.3 Å². The second-order valence-electron chi connectivity index (χ2n) is 8.37. The van der Waals surface area contributed by atoms with E-state index in [1.54, 1.807) is 18.2 Å². The number of aromatic nitrogens is 2. The number of nitrogens with one attached hydrogen (secondary N) is 2. The van der Waals surface area contributed by atoms with Gasteiger partial charge in [-0.2, -0.15) is 0 Å². The number of benzene rings is 3. The van der Waals surface area contributed by atoms with Crippen LogP contribution in [0.5, 0.6) is 0 Å². The Hall–Kier alpha value is -4.00. The fourth-order valence-corrected chi connectivity index (χ4v) is 3.49. The summed E-state index contributed by atoms with van der Waals surface area (Å²) in [7, 11) is 0. The predicted octanol–water partition coefficient (Wildman–Crippen LogP) is 5.69. The average molecular weight is 414 g/mol. The highest BCUT2D eigenvalue weighted by atomic mass is 16.6. The zero-order chi connectivity index (χ0) is 22.2. The van der Waals surface area contributed by atoms with E-state index in [1.165, 1.54) is 12.1 Å². The number of H-pyrrole nitrogens is 1. The molecule has 0 radical (unpaired) electrons. The van der Waals surface area contributed by atoms with Gasteiger partial charge in [0.15, 0.2) is 0 Å². The standard InChI is InChI=1S/C24H22N4O3/c1-24(2,3)19-13-12-17(28(30)31)14-18(19)23(29)25-16-10-8-15(9-11-16)22-26-20-6-4-5-7-21(20)27-22/h4-14H,1-3H3,(H,25,29)(H,26,27). The van der Waals surface area contributed by atoms with Crippen LogP contribution in [0.15, 0.2) is 66.7 Å². The molecule has 0 unspecified atom stereocenters. The molecule has 2 N–H and O–H groups in total. The smallest absolute Gasteiger partial charge is 0.270 e. The first-order chi connectivity index (χ1) is 14.7. The molecular weight excluding hydrogens is 392 g/mol. The van der Waals surface area contributed by atoms with Gasteiger partial charge in [-0.3, -0.25) is 14.9 Å². The molecule has 4 aromatic rings. The maximum Gasteiger partial charge on any atom is 0.270 e. The Morgan fingerprint density at radius 3 is 2.39 bits per heavy atom. The first-order valence-corrected chi connectivity index (χ1v) is 9.88. The number of carbonyl (C=O) groups is 1. The Morgan fingerprint density at radius 1 is 1.03 bits per heavy atom. The normalized spacial score (nSPS) is 11.5. The predicted molar refractivity (Wildman–Crippen MR) is 121 cm³/mol. The molecule has 4 rings (SSSR count). The average Bonchev–Trinajstić information content (AvgIpc) is 3.17. The number of aromatic amines is 1. The molecule has 0 atom stereocenters. The third-order valence-electron chi connectivity index (χ3n) is 5.07. The van der Waals surface area contributed by atoms with Gasteiger partial charge in [0.2, 0.25) is 0 Å². The lowest BCUT2D eigenvalue weighted by molar-refractivity contribution is -0.384. The molecule has 0 aliphatic heterocycles. The van der Waals surface area contributed by atoms with Gasteiger partial charge < -0.3 is 10.3 Å². The summed E-state index contributed by atoms with van der Waals surface area (Å²) in [4.78, 5) is 31.5. The lowest BCUT2D eigenvalue weighted by Gasteiger charge is -2.22. The molecule has 0 aliphatic carbocycles. The van der Waals surface area contributed by atoms with Crippen LogP contribution in [0, 0.1) is 10.1 Å². The van der Waals surface area contributed by atoms with E-state index in [2.05, 4.69) is 15.3 Å². The SMILES string of the molecule is CC(C)(C)c1ccc([N+](=O)[O-])cc1C(=O)Nc1ccc(-c2nc3ccccc3[nH]2)cc1. The van der Waals surface area contributed by atoms with Gasteiger partial charge in [0.25, 0.3) is 11.6 Å². The van der Waals surface area contributed by atoms with Gasteiger partial charge in [-0.25, -0.2) is 4.98 Å². The fourth-order valence-electron chi connectivity index (χ4n) is 3.49. The Labute approximate surface area is 179 Å². The van der Waals surface area contributed by atoms with Gasteiger partial charge in [0, 0.05) is 23.4 Å². The number of fused-ring (bicyclic) bond motifs is 1. The van der Waals surface area contributed by atoms with E-state index in [9.17, 15) is 14.9 Å². The summed E-state index contributed by atoms with van der Waals surface area (Å²) in [5.74, 6) is 0.359. The van der Waals surface area contributed by atoms with E-state index < -0.39 is 4.92 Å². The number of para-hydroxylation sites is 2. The summed E-state index contributed by atoms with van der Waals surface area (Å²) in [6.45, 7) is 5.90. The first kappa shape index (κ1) is 20.3. The lowest BCUT2D eigenvalue weighted by atomic mass is 9.83. The molecule has 0 bridgehead atoms. The fraction of sp³-hybridized carbons (Fsp3) is 0.167. The van der Waals surface area contributed by atoms with E-state index in [0.717, 1.165) is 28.0 Å². The van der Waals surface area contributed by atoms with Crippen molar-refractivity contribution in [3.05, 3.63) is 88.0 Å². The first-order valence-electron chi connectivity index (χ1n) is 9.88. The summed E-state index contributed by atoms with van der Waals surface area (Å²) in [5.41, 5.74) is 3.91. The molecule has 0 fully saturated rings. The molecule has 0 spiro atoms. The van der Waals surface area contributed by atoms with Gasteiger partial charge in [-0.1, -0.05) is 39.0 Å². The number of nitro benzene ring substituents is 1. The molecule has 3 aromatic carbocycles. The van der Waals surface area contributed by atoms with Crippen LogP contribution in [0.2, 0.25) is 0 Å². The Bertz CT molecular complexity index is 1250. The van der Waals surface area contributed by atoms with Crippen LogP contribution in [-0.2, 0) is 5.41 Å². The highest BCUT2D eigenvalue weighted by Crippen LogP contribution is 2.30. The molecule has 0 aliphatic rings. The van der Waals surface area contributed by atoms with Crippen LogP contribution in [-0.4, -0.2) is 20.8 Å². The largest absolute Gasteiger partial charge is 0.338 e. The number of carbonyl (C=O) groups excluding carboxylic acids is 1. The molecule has 156 valence electrons. The number of nitro groups is 1.